The van der Waals surface area contributed by atoms with Crippen LogP contribution in [0.1, 0.15) is 57.4 Å². The summed E-state index contributed by atoms with van der Waals surface area (Å²) in [6.45, 7) is 4.52. The Morgan fingerprint density at radius 1 is 1.04 bits per heavy atom. The SMILES string of the molecule is CCCCCCCCNc1ccc(CNCCCP(=O)(O)O)cc1Br. The number of nitrogens with one attached hydrogen (secondary N) is 2. The molecule has 4 N–H and O–H groups in total. The van der Waals surface area contributed by atoms with Gasteiger partial charge in [-0.3, -0.25) is 4.57 Å². The van der Waals surface area contributed by atoms with Crippen molar-refractivity contribution in [1.82, 2.24) is 5.32 Å². The summed E-state index contributed by atoms with van der Waals surface area (Å²) < 4.78 is 11.8. The smallest absolute Gasteiger partial charge is 0.325 e. The molecule has 0 amide bonds. The zero-order chi connectivity index (χ0) is 18.5. The van der Waals surface area contributed by atoms with Crippen LogP contribution in [0.25, 0.3) is 0 Å². The van der Waals surface area contributed by atoms with Gasteiger partial charge >= 0.3 is 7.60 Å². The Morgan fingerprint density at radius 3 is 2.44 bits per heavy atom. The van der Waals surface area contributed by atoms with Gasteiger partial charge in [-0.1, -0.05) is 45.1 Å². The van der Waals surface area contributed by atoms with Crippen LogP contribution in [0.15, 0.2) is 22.7 Å². The second kappa shape index (κ2) is 12.9. The van der Waals surface area contributed by atoms with E-state index in [4.69, 9.17) is 9.79 Å². The van der Waals surface area contributed by atoms with Crippen LogP contribution >= 0.6 is 23.5 Å². The molecule has 0 saturated heterocycles. The van der Waals surface area contributed by atoms with Gasteiger partial charge in [0.05, 0.1) is 6.16 Å². The van der Waals surface area contributed by atoms with Gasteiger partial charge in [-0.05, 0) is 53.0 Å². The molecule has 144 valence electrons. The number of benzene rings is 1. The zero-order valence-electron chi connectivity index (χ0n) is 15.1. The number of unbranched alkanes of at least 4 members (excludes halogenated alkanes) is 5. The minimum Gasteiger partial charge on any atom is -0.384 e. The van der Waals surface area contributed by atoms with Gasteiger partial charge in [-0.25, -0.2) is 0 Å². The standard InChI is InChI=1S/C18H32BrN2O3P/c1-2-3-4-5-6-7-12-21-18-10-9-16(14-17(18)19)15-20-11-8-13-25(22,23)24/h9-10,14,20-21H,2-8,11-13,15H2,1H3,(H2,22,23,24). The van der Waals surface area contributed by atoms with Gasteiger partial charge in [0, 0.05) is 23.2 Å². The van der Waals surface area contributed by atoms with E-state index in [1.807, 2.05) is 0 Å². The van der Waals surface area contributed by atoms with Crippen molar-refractivity contribution in [1.29, 1.82) is 0 Å². The summed E-state index contributed by atoms with van der Waals surface area (Å²) >= 11 is 3.61. The lowest BCUT2D eigenvalue weighted by atomic mass is 10.1. The van der Waals surface area contributed by atoms with Crippen LogP contribution in [-0.2, 0) is 11.1 Å². The van der Waals surface area contributed by atoms with E-state index in [1.54, 1.807) is 0 Å². The number of rotatable bonds is 14. The van der Waals surface area contributed by atoms with Crippen molar-refractivity contribution in [2.75, 3.05) is 24.6 Å². The molecule has 0 atom stereocenters. The third kappa shape index (κ3) is 11.8. The minimum absolute atomic E-state index is 0.0645. The molecular formula is C18H32BrN2O3P. The highest BCUT2D eigenvalue weighted by Crippen LogP contribution is 2.34. The molecular weight excluding hydrogens is 403 g/mol. The van der Waals surface area contributed by atoms with Gasteiger partial charge < -0.3 is 20.4 Å². The van der Waals surface area contributed by atoms with Crippen LogP contribution in [0.3, 0.4) is 0 Å². The molecule has 5 nitrogen and oxygen atoms in total. The van der Waals surface area contributed by atoms with Crippen LogP contribution < -0.4 is 10.6 Å². The summed E-state index contributed by atoms with van der Waals surface area (Å²) in [5.41, 5.74) is 2.26. The zero-order valence-corrected chi connectivity index (χ0v) is 17.6. The van der Waals surface area contributed by atoms with Gasteiger partial charge in [-0.15, -0.1) is 0 Å². The molecule has 0 unspecified atom stereocenters. The second-order valence-electron chi connectivity index (χ2n) is 6.43. The molecule has 0 aliphatic heterocycles. The molecule has 1 aromatic rings. The maximum Gasteiger partial charge on any atom is 0.325 e. The minimum atomic E-state index is -3.87. The molecule has 25 heavy (non-hydrogen) atoms. The van der Waals surface area contributed by atoms with Gasteiger partial charge in [0.2, 0.25) is 0 Å². The van der Waals surface area contributed by atoms with E-state index < -0.39 is 7.60 Å². The monoisotopic (exact) mass is 434 g/mol. The Balaban J connectivity index is 2.21. The largest absolute Gasteiger partial charge is 0.384 e. The topological polar surface area (TPSA) is 81.6 Å². The van der Waals surface area contributed by atoms with Crippen LogP contribution in [0.2, 0.25) is 0 Å². The number of hydrogen-bond donors (Lipinski definition) is 4. The summed E-state index contributed by atoms with van der Waals surface area (Å²) in [6.07, 6.45) is 8.18. The van der Waals surface area contributed by atoms with E-state index in [-0.39, 0.29) is 6.16 Å². The summed E-state index contributed by atoms with van der Waals surface area (Å²) in [5, 5.41) is 6.68. The quantitative estimate of drug-likeness (QED) is 0.247. The average Bonchev–Trinajstić information content (AvgIpc) is 2.54. The Morgan fingerprint density at radius 2 is 1.76 bits per heavy atom. The van der Waals surface area contributed by atoms with E-state index in [0.717, 1.165) is 22.3 Å². The number of hydrogen-bond acceptors (Lipinski definition) is 3. The maximum atomic E-state index is 10.8. The first-order valence-electron chi connectivity index (χ1n) is 9.20. The Bertz CT molecular complexity index is 537. The summed E-state index contributed by atoms with van der Waals surface area (Å²) in [6, 6.07) is 6.23. The Hall–Kier alpha value is -0.390. The molecule has 7 heteroatoms. The van der Waals surface area contributed by atoms with E-state index >= 15 is 0 Å². The summed E-state index contributed by atoms with van der Waals surface area (Å²) in [7, 11) is -3.87. The fourth-order valence-electron chi connectivity index (χ4n) is 2.58. The predicted molar refractivity (Wildman–Crippen MR) is 109 cm³/mol. The Kier molecular flexibility index (Phi) is 11.7. The lowest BCUT2D eigenvalue weighted by Gasteiger charge is -2.11. The fraction of sp³-hybridized carbons (Fsp3) is 0.667. The molecule has 0 aliphatic rings. The van der Waals surface area contributed by atoms with Crippen molar-refractivity contribution in [3.8, 4) is 0 Å². The van der Waals surface area contributed by atoms with E-state index in [9.17, 15) is 4.57 Å². The maximum absolute atomic E-state index is 10.8. The molecule has 0 radical (unpaired) electrons. The van der Waals surface area contributed by atoms with Crippen molar-refractivity contribution in [3.05, 3.63) is 28.2 Å². The highest BCUT2D eigenvalue weighted by molar-refractivity contribution is 9.10. The van der Waals surface area contributed by atoms with E-state index in [0.29, 0.717) is 19.5 Å². The van der Waals surface area contributed by atoms with Crippen molar-refractivity contribution in [2.45, 2.75) is 58.4 Å². The normalized spacial score (nSPS) is 11.7. The fourth-order valence-corrected chi connectivity index (χ4v) is 3.72. The van der Waals surface area contributed by atoms with E-state index in [2.05, 4.69) is 51.7 Å². The predicted octanol–water partition coefficient (Wildman–Crippen LogP) is 4.88. The molecule has 1 rings (SSSR count). The number of anilines is 1. The lowest BCUT2D eigenvalue weighted by molar-refractivity contribution is 0.371. The van der Waals surface area contributed by atoms with Gasteiger partial charge in [0.1, 0.15) is 0 Å². The highest BCUT2D eigenvalue weighted by atomic mass is 79.9. The molecule has 0 fully saturated rings. The first-order chi connectivity index (χ1) is 11.9. The lowest BCUT2D eigenvalue weighted by Crippen LogP contribution is -2.16. The third-order valence-electron chi connectivity index (χ3n) is 4.01. The highest BCUT2D eigenvalue weighted by Gasteiger charge is 2.11. The van der Waals surface area contributed by atoms with Crippen molar-refractivity contribution in [3.63, 3.8) is 0 Å². The second-order valence-corrected chi connectivity index (χ2v) is 9.06. The summed E-state index contributed by atoms with van der Waals surface area (Å²) in [5.74, 6) is 0. The molecule has 0 heterocycles. The molecule has 0 aromatic heterocycles. The first kappa shape index (κ1) is 22.7. The van der Waals surface area contributed by atoms with Gasteiger partial charge in [0.15, 0.2) is 0 Å². The first-order valence-corrected chi connectivity index (χ1v) is 11.8. The van der Waals surface area contributed by atoms with E-state index in [1.165, 1.54) is 38.5 Å². The summed E-state index contributed by atoms with van der Waals surface area (Å²) in [4.78, 5) is 17.6. The average molecular weight is 435 g/mol. The molecule has 0 bridgehead atoms. The molecule has 0 spiro atoms. The van der Waals surface area contributed by atoms with Crippen LogP contribution in [-0.4, -0.2) is 29.0 Å². The number of halogens is 1. The molecule has 0 saturated carbocycles. The van der Waals surface area contributed by atoms with Crippen molar-refractivity contribution >= 4 is 29.2 Å². The third-order valence-corrected chi connectivity index (χ3v) is 5.57. The molecule has 0 aliphatic carbocycles. The van der Waals surface area contributed by atoms with Gasteiger partial charge in [-0.2, -0.15) is 0 Å². The van der Waals surface area contributed by atoms with Crippen molar-refractivity contribution < 1.29 is 14.4 Å². The Labute approximate surface area is 160 Å². The van der Waals surface area contributed by atoms with Gasteiger partial charge in [0.25, 0.3) is 0 Å². The van der Waals surface area contributed by atoms with Crippen LogP contribution in [0.4, 0.5) is 5.69 Å². The van der Waals surface area contributed by atoms with Crippen LogP contribution in [0.5, 0.6) is 0 Å². The molecule has 1 aromatic carbocycles. The van der Waals surface area contributed by atoms with Crippen molar-refractivity contribution in [2.24, 2.45) is 0 Å². The van der Waals surface area contributed by atoms with Crippen LogP contribution in [0, 0.1) is 0 Å².